The van der Waals surface area contributed by atoms with Crippen LogP contribution in [0.5, 0.6) is 0 Å². The molecule has 9 heteroatoms. The number of nitrogens with zero attached hydrogens (tertiary/aromatic N) is 3. The minimum Gasteiger partial charge on any atom is -0.462 e. The zero-order valence-corrected chi connectivity index (χ0v) is 20.2. The summed E-state index contributed by atoms with van der Waals surface area (Å²) in [6, 6.07) is 12.9. The Morgan fingerprint density at radius 2 is 2.00 bits per heavy atom. The van der Waals surface area contributed by atoms with E-state index < -0.39 is 53.7 Å². The lowest BCUT2D eigenvalue weighted by Crippen LogP contribution is -2.56. The van der Waals surface area contributed by atoms with Gasteiger partial charge in [-0.1, -0.05) is 37.3 Å². The molecule has 0 amide bonds. The van der Waals surface area contributed by atoms with Crippen molar-refractivity contribution in [2.75, 3.05) is 0 Å². The number of pyridine rings is 1. The standard InChI is InChI=1S/C28H25F2N3O4/c1-16-21(10-9-20-8-7-19(14-33-20)22-6-4-3-5-18(22)13-31)23-17(2)37-26(35)27(23,15-28(16,29)30)24(34)25-32-11-12-36-25/h3-12,14,16-17,21,23-24,34H,15H2,1-2H3/b10-9+/t16-,17+,21-,23-,24?,27+/m0/s1. The van der Waals surface area contributed by atoms with Gasteiger partial charge in [0, 0.05) is 35.6 Å². The molecule has 0 bridgehead atoms. The van der Waals surface area contributed by atoms with Gasteiger partial charge in [-0.25, -0.2) is 13.8 Å². The third kappa shape index (κ3) is 4.02. The number of carbonyl (C=O) groups is 1. The van der Waals surface area contributed by atoms with Crippen LogP contribution in [0.1, 0.15) is 43.5 Å². The smallest absolute Gasteiger partial charge is 0.316 e. The Balaban J connectivity index is 1.50. The molecule has 1 saturated carbocycles. The molecule has 2 aliphatic rings. The zero-order valence-electron chi connectivity index (χ0n) is 20.2. The molecule has 3 aromatic rings. The van der Waals surface area contributed by atoms with Crippen LogP contribution in [0.4, 0.5) is 8.78 Å². The second-order valence-corrected chi connectivity index (χ2v) is 9.74. The number of ether oxygens (including phenoxy) is 1. The van der Waals surface area contributed by atoms with Gasteiger partial charge >= 0.3 is 5.97 Å². The minimum atomic E-state index is -3.26. The third-order valence-electron chi connectivity index (χ3n) is 7.77. The Kier molecular flexibility index (Phi) is 6.16. The number of cyclic esters (lactones) is 1. The largest absolute Gasteiger partial charge is 0.462 e. The van der Waals surface area contributed by atoms with Crippen LogP contribution in [-0.4, -0.2) is 33.1 Å². The first-order valence-corrected chi connectivity index (χ1v) is 12.0. The number of oxazole rings is 1. The normalized spacial score (nSPS) is 29.5. The van der Waals surface area contributed by atoms with Crippen LogP contribution in [0.25, 0.3) is 17.2 Å². The van der Waals surface area contributed by atoms with Gasteiger partial charge < -0.3 is 14.3 Å². The highest BCUT2D eigenvalue weighted by Gasteiger charge is 2.71. The molecular formula is C28H25F2N3O4. The number of alkyl halides is 2. The number of esters is 1. The fourth-order valence-electron chi connectivity index (χ4n) is 5.87. The highest BCUT2D eigenvalue weighted by atomic mass is 19.3. The first-order valence-electron chi connectivity index (χ1n) is 12.0. The van der Waals surface area contributed by atoms with Crippen molar-refractivity contribution in [3.63, 3.8) is 0 Å². The van der Waals surface area contributed by atoms with E-state index in [4.69, 9.17) is 9.15 Å². The lowest BCUT2D eigenvalue weighted by atomic mass is 9.54. The van der Waals surface area contributed by atoms with Crippen molar-refractivity contribution in [2.45, 2.75) is 38.4 Å². The third-order valence-corrected chi connectivity index (χ3v) is 7.77. The molecule has 1 aliphatic heterocycles. The Morgan fingerprint density at radius 3 is 2.68 bits per heavy atom. The highest BCUT2D eigenvalue weighted by Crippen LogP contribution is 2.63. The summed E-state index contributed by atoms with van der Waals surface area (Å²) in [6.45, 7) is 3.10. The van der Waals surface area contributed by atoms with Gasteiger partial charge in [0.1, 0.15) is 23.9 Å². The van der Waals surface area contributed by atoms with E-state index in [0.717, 1.165) is 11.1 Å². The van der Waals surface area contributed by atoms with Crippen LogP contribution in [0.3, 0.4) is 0 Å². The Labute approximate surface area is 212 Å². The van der Waals surface area contributed by atoms with Gasteiger partial charge in [-0.2, -0.15) is 5.26 Å². The molecule has 1 aromatic carbocycles. The number of benzene rings is 1. The molecule has 190 valence electrons. The first-order chi connectivity index (χ1) is 17.7. The molecule has 5 rings (SSSR count). The quantitative estimate of drug-likeness (QED) is 0.475. The number of aliphatic hydroxyl groups is 1. The average Bonchev–Trinajstić information content (AvgIpc) is 3.51. The molecule has 1 N–H and O–H groups in total. The first kappa shape index (κ1) is 24.8. The molecule has 2 aromatic heterocycles. The van der Waals surface area contributed by atoms with Crippen LogP contribution < -0.4 is 0 Å². The summed E-state index contributed by atoms with van der Waals surface area (Å²) in [5, 5.41) is 20.5. The fraction of sp³-hybridized carbons (Fsp3) is 0.357. The minimum absolute atomic E-state index is 0.195. The molecule has 7 nitrogen and oxygen atoms in total. The lowest BCUT2D eigenvalue weighted by Gasteiger charge is -2.48. The zero-order chi connectivity index (χ0) is 26.4. The van der Waals surface area contributed by atoms with Crippen molar-refractivity contribution >= 4 is 12.0 Å². The number of allylic oxidation sites excluding steroid dienone is 1. The van der Waals surface area contributed by atoms with E-state index in [0.29, 0.717) is 11.3 Å². The molecule has 3 heterocycles. The molecule has 1 unspecified atom stereocenters. The number of aromatic nitrogens is 2. The SMILES string of the molecule is C[C@H]1OC(=O)[C@]2(C(O)c3ncco3)CC(F)(F)[C@@H](C)[C@H](/C=C/c3ccc(-c4ccccc4C#N)cn3)[C@H]12. The van der Waals surface area contributed by atoms with Crippen molar-refractivity contribution < 1.29 is 27.8 Å². The number of aliphatic hydroxyl groups excluding tert-OH is 1. The van der Waals surface area contributed by atoms with Gasteiger partial charge in [-0.3, -0.25) is 9.78 Å². The van der Waals surface area contributed by atoms with Crippen LogP contribution in [0, 0.1) is 34.5 Å². The van der Waals surface area contributed by atoms with Crippen molar-refractivity contribution in [1.82, 2.24) is 9.97 Å². The second kappa shape index (κ2) is 9.20. The summed E-state index contributed by atoms with van der Waals surface area (Å²) >= 11 is 0. The number of hydrogen-bond acceptors (Lipinski definition) is 7. The summed E-state index contributed by atoms with van der Waals surface area (Å²) in [7, 11) is 0. The summed E-state index contributed by atoms with van der Waals surface area (Å²) in [5.74, 6) is -7.01. The number of carbonyl (C=O) groups excluding carboxylic acids is 1. The Hall–Kier alpha value is -3.90. The molecule has 2 fully saturated rings. The van der Waals surface area contributed by atoms with Crippen molar-refractivity contribution in [2.24, 2.45) is 23.2 Å². The number of nitriles is 1. The number of fused-ring (bicyclic) bond motifs is 1. The topological polar surface area (TPSA) is 109 Å². The maximum absolute atomic E-state index is 15.4. The van der Waals surface area contributed by atoms with Crippen molar-refractivity contribution in [1.29, 1.82) is 5.26 Å². The van der Waals surface area contributed by atoms with E-state index in [-0.39, 0.29) is 5.89 Å². The maximum atomic E-state index is 15.4. The van der Waals surface area contributed by atoms with Crippen LogP contribution in [0.2, 0.25) is 0 Å². The van der Waals surface area contributed by atoms with Crippen LogP contribution in [0.15, 0.2) is 65.5 Å². The molecular weight excluding hydrogens is 480 g/mol. The summed E-state index contributed by atoms with van der Waals surface area (Å²) in [6.07, 6.45) is 4.15. The van der Waals surface area contributed by atoms with Gasteiger partial charge in [0.05, 0.1) is 23.5 Å². The lowest BCUT2D eigenvalue weighted by molar-refractivity contribution is -0.194. The average molecular weight is 506 g/mol. The monoisotopic (exact) mass is 505 g/mol. The van der Waals surface area contributed by atoms with Gasteiger partial charge in [-0.15, -0.1) is 0 Å². The summed E-state index contributed by atoms with van der Waals surface area (Å²) < 4.78 is 41.5. The second-order valence-electron chi connectivity index (χ2n) is 9.74. The van der Waals surface area contributed by atoms with E-state index >= 15 is 8.78 Å². The van der Waals surface area contributed by atoms with Gasteiger partial charge in [-0.05, 0) is 31.1 Å². The molecule has 1 aliphatic carbocycles. The van der Waals surface area contributed by atoms with Crippen LogP contribution in [-0.2, 0) is 9.53 Å². The van der Waals surface area contributed by atoms with Gasteiger partial charge in [0.25, 0.3) is 5.92 Å². The predicted octanol–water partition coefficient (Wildman–Crippen LogP) is 5.19. The van der Waals surface area contributed by atoms with Gasteiger partial charge in [0.15, 0.2) is 0 Å². The fourth-order valence-corrected chi connectivity index (χ4v) is 5.87. The maximum Gasteiger partial charge on any atom is 0.316 e. The van der Waals surface area contributed by atoms with Crippen molar-refractivity contribution in [3.8, 4) is 17.2 Å². The number of rotatable bonds is 5. The Morgan fingerprint density at radius 1 is 1.22 bits per heavy atom. The predicted molar refractivity (Wildman–Crippen MR) is 129 cm³/mol. The van der Waals surface area contributed by atoms with Crippen LogP contribution >= 0.6 is 0 Å². The highest BCUT2D eigenvalue weighted by molar-refractivity contribution is 5.81. The molecule has 6 atom stereocenters. The van der Waals surface area contributed by atoms with E-state index in [2.05, 4.69) is 16.0 Å². The molecule has 37 heavy (non-hydrogen) atoms. The van der Waals surface area contributed by atoms with E-state index in [9.17, 15) is 15.2 Å². The molecule has 0 radical (unpaired) electrons. The summed E-state index contributed by atoms with van der Waals surface area (Å²) in [4.78, 5) is 21.4. The van der Waals surface area contributed by atoms with E-state index in [1.807, 2.05) is 18.2 Å². The number of hydrogen-bond donors (Lipinski definition) is 1. The summed E-state index contributed by atoms with van der Waals surface area (Å²) in [5.41, 5.74) is 0.633. The van der Waals surface area contributed by atoms with Crippen molar-refractivity contribution in [3.05, 3.63) is 78.3 Å². The van der Waals surface area contributed by atoms with Gasteiger partial charge in [0.2, 0.25) is 5.89 Å². The van der Waals surface area contributed by atoms with E-state index in [1.165, 1.54) is 19.4 Å². The number of halogens is 2. The molecule has 1 saturated heterocycles. The van der Waals surface area contributed by atoms with E-state index in [1.54, 1.807) is 43.5 Å². The Bertz CT molecular complexity index is 1370. The molecule has 0 spiro atoms.